The van der Waals surface area contributed by atoms with Crippen LogP contribution in [0.1, 0.15) is 17.5 Å². The van der Waals surface area contributed by atoms with Crippen molar-refractivity contribution in [1.82, 2.24) is 10.2 Å². The molecule has 4 rings (SSSR count). The number of carbonyl (C=O) groups is 2. The Morgan fingerprint density at radius 1 is 1.00 bits per heavy atom. The molecule has 1 N–H and O–H groups in total. The topological polar surface area (TPSA) is 61.8 Å². The van der Waals surface area contributed by atoms with Crippen molar-refractivity contribution >= 4 is 46.0 Å². The van der Waals surface area contributed by atoms with Crippen molar-refractivity contribution in [3.63, 3.8) is 0 Å². The van der Waals surface area contributed by atoms with E-state index in [0.717, 1.165) is 17.5 Å². The highest BCUT2D eigenvalue weighted by atomic mass is 35.5. The first-order valence-corrected chi connectivity index (χ1v) is 12.0. The fourth-order valence-corrected chi connectivity index (χ4v) is 4.81. The van der Waals surface area contributed by atoms with Crippen LogP contribution in [0.5, 0.6) is 0 Å². The third-order valence-electron chi connectivity index (χ3n) is 5.20. The minimum atomic E-state index is -0.529. The van der Waals surface area contributed by atoms with Gasteiger partial charge in [0.25, 0.3) is 0 Å². The highest BCUT2D eigenvalue weighted by Crippen LogP contribution is 2.31. The van der Waals surface area contributed by atoms with Gasteiger partial charge in [0, 0.05) is 18.0 Å². The summed E-state index contributed by atoms with van der Waals surface area (Å²) in [6.45, 7) is 0.914. The summed E-state index contributed by atoms with van der Waals surface area (Å²) in [5.41, 5.74) is 2.79. The monoisotopic (exact) mass is 477 g/mol. The first kappa shape index (κ1) is 23.1. The number of benzene rings is 3. The predicted molar refractivity (Wildman–Crippen MR) is 135 cm³/mol. The maximum atomic E-state index is 13.1. The zero-order valence-electron chi connectivity index (χ0n) is 18.0. The van der Waals surface area contributed by atoms with Gasteiger partial charge in [0.2, 0.25) is 11.8 Å². The van der Waals surface area contributed by atoms with Crippen LogP contribution in [0.25, 0.3) is 0 Å². The van der Waals surface area contributed by atoms with Crippen molar-refractivity contribution in [2.45, 2.75) is 24.6 Å². The Kier molecular flexibility index (Phi) is 7.81. The number of hydrogen-bond donors (Lipinski definition) is 1. The molecule has 2 amide bonds. The van der Waals surface area contributed by atoms with E-state index < -0.39 is 5.25 Å². The lowest BCUT2D eigenvalue weighted by Crippen LogP contribution is -2.46. The van der Waals surface area contributed by atoms with Crippen LogP contribution in [0.3, 0.4) is 0 Å². The van der Waals surface area contributed by atoms with Gasteiger partial charge in [-0.3, -0.25) is 14.5 Å². The molecule has 0 saturated carbocycles. The van der Waals surface area contributed by atoms with Crippen LogP contribution >= 0.6 is 23.4 Å². The van der Waals surface area contributed by atoms with E-state index in [-0.39, 0.29) is 18.2 Å². The van der Waals surface area contributed by atoms with Crippen molar-refractivity contribution in [1.29, 1.82) is 0 Å². The number of nitrogens with one attached hydrogen (secondary N) is 1. The second-order valence-electron chi connectivity index (χ2n) is 7.68. The zero-order valence-corrected chi connectivity index (χ0v) is 19.6. The average Bonchev–Trinajstić information content (AvgIpc) is 2.82. The van der Waals surface area contributed by atoms with Gasteiger partial charge < -0.3 is 5.32 Å². The molecule has 1 heterocycles. The van der Waals surface area contributed by atoms with E-state index in [9.17, 15) is 9.59 Å². The second kappa shape index (κ2) is 11.2. The maximum Gasteiger partial charge on any atom is 0.234 e. The van der Waals surface area contributed by atoms with Crippen molar-refractivity contribution in [3.8, 4) is 0 Å². The van der Waals surface area contributed by atoms with E-state index in [1.807, 2.05) is 72.8 Å². The van der Waals surface area contributed by atoms with Gasteiger partial charge in [-0.15, -0.1) is 0 Å². The molecule has 3 aromatic rings. The van der Waals surface area contributed by atoms with Gasteiger partial charge in [-0.2, -0.15) is 0 Å². The molecule has 7 heteroatoms. The smallest absolute Gasteiger partial charge is 0.234 e. The second-order valence-corrected chi connectivity index (χ2v) is 9.28. The number of aliphatic imine (C=N–C) groups is 1. The van der Waals surface area contributed by atoms with Crippen LogP contribution in [0, 0.1) is 0 Å². The fraction of sp³-hybridized carbons (Fsp3) is 0.192. The van der Waals surface area contributed by atoms with E-state index >= 15 is 0 Å². The van der Waals surface area contributed by atoms with Gasteiger partial charge in [0.05, 0.1) is 17.5 Å². The molecule has 33 heavy (non-hydrogen) atoms. The lowest BCUT2D eigenvalue weighted by molar-refractivity contribution is -0.130. The molecule has 168 valence electrons. The molecule has 0 aliphatic carbocycles. The van der Waals surface area contributed by atoms with Gasteiger partial charge in [-0.05, 0) is 35.7 Å². The first-order chi connectivity index (χ1) is 16.1. The Morgan fingerprint density at radius 3 is 2.39 bits per heavy atom. The molecule has 0 bridgehead atoms. The van der Waals surface area contributed by atoms with E-state index in [4.69, 9.17) is 11.6 Å². The molecule has 0 spiro atoms. The first-order valence-electron chi connectivity index (χ1n) is 10.8. The van der Waals surface area contributed by atoms with Gasteiger partial charge in [0.1, 0.15) is 0 Å². The Balaban J connectivity index is 1.50. The number of rotatable bonds is 7. The molecule has 1 saturated heterocycles. The zero-order chi connectivity index (χ0) is 23.0. The molecule has 5 nitrogen and oxygen atoms in total. The minimum Gasteiger partial charge on any atom is -0.355 e. The summed E-state index contributed by atoms with van der Waals surface area (Å²) in [7, 11) is 0. The number of thioether (sulfide) groups is 1. The molecule has 3 aromatic carbocycles. The van der Waals surface area contributed by atoms with Crippen LogP contribution in [-0.2, 0) is 22.6 Å². The minimum absolute atomic E-state index is 0.124. The van der Waals surface area contributed by atoms with E-state index in [2.05, 4.69) is 10.3 Å². The summed E-state index contributed by atoms with van der Waals surface area (Å²) in [4.78, 5) is 32.3. The lowest BCUT2D eigenvalue weighted by Gasteiger charge is -2.32. The molecule has 1 aliphatic heterocycles. The van der Waals surface area contributed by atoms with Crippen molar-refractivity contribution in [3.05, 3.63) is 101 Å². The molecular formula is C26H24ClN3O2S. The van der Waals surface area contributed by atoms with Crippen LogP contribution in [0.2, 0.25) is 5.02 Å². The molecule has 0 radical (unpaired) electrons. The summed E-state index contributed by atoms with van der Waals surface area (Å²) in [5, 5.41) is 3.51. The summed E-state index contributed by atoms with van der Waals surface area (Å²) >= 11 is 7.44. The number of amidine groups is 1. The molecular weight excluding hydrogens is 454 g/mol. The number of nitrogens with zero attached hydrogens (tertiary/aromatic N) is 2. The summed E-state index contributed by atoms with van der Waals surface area (Å²) in [6, 6.07) is 26.9. The highest BCUT2D eigenvalue weighted by molar-refractivity contribution is 8.15. The normalized spacial score (nSPS) is 17.2. The third-order valence-corrected chi connectivity index (χ3v) is 6.63. The number of hydrogen-bond acceptors (Lipinski definition) is 4. The largest absolute Gasteiger partial charge is 0.355 e. The number of halogens is 1. The van der Waals surface area contributed by atoms with E-state index in [1.54, 1.807) is 17.0 Å². The van der Waals surface area contributed by atoms with Gasteiger partial charge in [-0.25, -0.2) is 4.99 Å². The van der Waals surface area contributed by atoms with E-state index in [0.29, 0.717) is 29.0 Å². The third kappa shape index (κ3) is 6.46. The standard InChI is InChI=1S/C26H24ClN3O2S/c27-21-12-7-13-22(16-21)29-26-30(18-20-10-5-2-6-11-20)24(31)17-23(33-26)25(32)28-15-14-19-8-3-1-4-9-19/h1-13,16,23H,14-15,17-18H2,(H,28,32). The Hall–Kier alpha value is -3.09. The van der Waals surface area contributed by atoms with Gasteiger partial charge in [-0.1, -0.05) is 90.1 Å². The van der Waals surface area contributed by atoms with Crippen LogP contribution < -0.4 is 5.32 Å². The number of amides is 2. The summed E-state index contributed by atoms with van der Waals surface area (Å²) < 4.78 is 0. The Bertz CT molecular complexity index is 1140. The van der Waals surface area contributed by atoms with Crippen LogP contribution in [-0.4, -0.2) is 33.7 Å². The molecule has 1 atom stereocenters. The molecule has 1 unspecified atom stereocenters. The van der Waals surface area contributed by atoms with Crippen molar-refractivity contribution < 1.29 is 9.59 Å². The Labute approximate surface area is 202 Å². The van der Waals surface area contributed by atoms with Gasteiger partial charge in [0.15, 0.2) is 5.17 Å². The maximum absolute atomic E-state index is 13.1. The van der Waals surface area contributed by atoms with Crippen molar-refractivity contribution in [2.75, 3.05) is 6.54 Å². The average molecular weight is 478 g/mol. The van der Waals surface area contributed by atoms with Crippen molar-refractivity contribution in [2.24, 2.45) is 4.99 Å². The molecule has 0 aromatic heterocycles. The fourth-order valence-electron chi connectivity index (χ4n) is 3.51. The predicted octanol–water partition coefficient (Wildman–Crippen LogP) is 5.22. The highest BCUT2D eigenvalue weighted by Gasteiger charge is 2.35. The SMILES string of the molecule is O=C(NCCc1ccccc1)C1CC(=O)N(Cc2ccccc2)C(=Nc2cccc(Cl)c2)S1. The molecule has 1 fully saturated rings. The van der Waals surface area contributed by atoms with Crippen LogP contribution in [0.15, 0.2) is 89.9 Å². The van der Waals surface area contributed by atoms with Gasteiger partial charge >= 0.3 is 0 Å². The lowest BCUT2D eigenvalue weighted by atomic mass is 10.1. The number of carbonyl (C=O) groups excluding carboxylic acids is 2. The summed E-state index contributed by atoms with van der Waals surface area (Å²) in [5.74, 6) is -0.274. The quantitative estimate of drug-likeness (QED) is 0.507. The Morgan fingerprint density at radius 2 is 1.70 bits per heavy atom. The van der Waals surface area contributed by atoms with E-state index in [1.165, 1.54) is 11.8 Å². The van der Waals surface area contributed by atoms with Crippen LogP contribution in [0.4, 0.5) is 5.69 Å². The molecule has 1 aliphatic rings. The summed E-state index contributed by atoms with van der Waals surface area (Å²) in [6.07, 6.45) is 0.866.